The van der Waals surface area contributed by atoms with Crippen LogP contribution in [0, 0.1) is 5.92 Å². The van der Waals surface area contributed by atoms with Gasteiger partial charge in [-0.05, 0) is 50.4 Å². The van der Waals surface area contributed by atoms with Crippen LogP contribution >= 0.6 is 15.9 Å². The van der Waals surface area contributed by atoms with Crippen molar-refractivity contribution in [1.29, 1.82) is 0 Å². The average Bonchev–Trinajstić information content (AvgIpc) is 2.47. The Morgan fingerprint density at radius 2 is 2.25 bits per heavy atom. The largest absolute Gasteiger partial charge is 0.487 e. The Labute approximate surface area is 130 Å². The Hall–Kier alpha value is -0.540. The predicted molar refractivity (Wildman–Crippen MR) is 86.2 cm³/mol. The highest BCUT2D eigenvalue weighted by molar-refractivity contribution is 9.10. The molecule has 1 aromatic rings. The summed E-state index contributed by atoms with van der Waals surface area (Å²) in [5, 5.41) is 3.49. The van der Waals surface area contributed by atoms with Gasteiger partial charge in [-0.3, -0.25) is 0 Å². The van der Waals surface area contributed by atoms with Gasteiger partial charge in [0.2, 0.25) is 0 Å². The number of halogens is 1. The van der Waals surface area contributed by atoms with Gasteiger partial charge in [0.15, 0.2) is 0 Å². The third-order valence-corrected chi connectivity index (χ3v) is 5.57. The van der Waals surface area contributed by atoms with Gasteiger partial charge in [0.05, 0.1) is 0 Å². The molecule has 3 heteroatoms. The van der Waals surface area contributed by atoms with E-state index in [2.05, 4.69) is 53.4 Å². The molecular formula is C17H24BrNO. The highest BCUT2D eigenvalue weighted by Gasteiger charge is 2.43. The van der Waals surface area contributed by atoms with Gasteiger partial charge in [-0.1, -0.05) is 35.7 Å². The topological polar surface area (TPSA) is 21.3 Å². The molecule has 1 aliphatic heterocycles. The van der Waals surface area contributed by atoms with Crippen molar-refractivity contribution in [3.63, 3.8) is 0 Å². The highest BCUT2D eigenvalue weighted by atomic mass is 79.9. The van der Waals surface area contributed by atoms with Gasteiger partial charge in [-0.15, -0.1) is 0 Å². The number of hydrogen-bond donors (Lipinski definition) is 1. The van der Waals surface area contributed by atoms with E-state index >= 15 is 0 Å². The average molecular weight is 338 g/mol. The molecule has 0 amide bonds. The predicted octanol–water partition coefficient (Wildman–Crippen LogP) is 4.83. The summed E-state index contributed by atoms with van der Waals surface area (Å²) in [6.07, 6.45) is 7.49. The van der Waals surface area contributed by atoms with Crippen LogP contribution < -0.4 is 10.1 Å². The Bertz CT molecular complexity index is 490. The van der Waals surface area contributed by atoms with E-state index in [9.17, 15) is 0 Å². The molecule has 20 heavy (non-hydrogen) atoms. The van der Waals surface area contributed by atoms with Gasteiger partial charge in [0.25, 0.3) is 0 Å². The maximum atomic E-state index is 6.52. The van der Waals surface area contributed by atoms with Crippen molar-refractivity contribution in [3.05, 3.63) is 28.2 Å². The van der Waals surface area contributed by atoms with Crippen LogP contribution in [0.1, 0.15) is 57.1 Å². The summed E-state index contributed by atoms with van der Waals surface area (Å²) < 4.78 is 7.65. The van der Waals surface area contributed by atoms with Crippen molar-refractivity contribution in [2.45, 2.75) is 57.1 Å². The molecule has 1 aliphatic carbocycles. The standard InChI is InChI=1S/C17H24BrNO/c1-3-12-5-4-8-17(10-12)11-15(19-2)14-9-13(18)6-7-16(14)20-17/h6-7,9,12,15,19H,3-5,8,10-11H2,1-2H3. The molecule has 0 saturated heterocycles. The normalized spacial score (nSPS) is 32.8. The minimum Gasteiger partial charge on any atom is -0.487 e. The fraction of sp³-hybridized carbons (Fsp3) is 0.647. The second-order valence-corrected chi connectivity index (χ2v) is 7.30. The van der Waals surface area contributed by atoms with Crippen molar-refractivity contribution < 1.29 is 4.74 Å². The Balaban J connectivity index is 1.92. The molecule has 0 bridgehead atoms. The van der Waals surface area contributed by atoms with E-state index in [0.717, 1.165) is 22.6 Å². The number of rotatable bonds is 2. The van der Waals surface area contributed by atoms with Crippen LogP contribution in [0.25, 0.3) is 0 Å². The van der Waals surface area contributed by atoms with Crippen LogP contribution in [-0.4, -0.2) is 12.6 Å². The minimum absolute atomic E-state index is 0.0629. The minimum atomic E-state index is 0.0629. The molecule has 1 N–H and O–H groups in total. The quantitative estimate of drug-likeness (QED) is 0.834. The van der Waals surface area contributed by atoms with E-state index in [1.165, 1.54) is 37.7 Å². The van der Waals surface area contributed by atoms with Crippen molar-refractivity contribution in [1.82, 2.24) is 5.32 Å². The number of nitrogens with one attached hydrogen (secondary N) is 1. The molecule has 1 fully saturated rings. The maximum absolute atomic E-state index is 6.52. The molecule has 2 aliphatic rings. The van der Waals surface area contributed by atoms with Gasteiger partial charge in [0.1, 0.15) is 11.4 Å². The summed E-state index contributed by atoms with van der Waals surface area (Å²) in [5.74, 6) is 1.91. The summed E-state index contributed by atoms with van der Waals surface area (Å²) in [6, 6.07) is 6.82. The molecular weight excluding hydrogens is 314 g/mol. The molecule has 1 heterocycles. The monoisotopic (exact) mass is 337 g/mol. The van der Waals surface area contributed by atoms with E-state index in [-0.39, 0.29) is 5.60 Å². The van der Waals surface area contributed by atoms with E-state index in [1.807, 2.05) is 0 Å². The van der Waals surface area contributed by atoms with Crippen LogP contribution in [0.4, 0.5) is 0 Å². The fourth-order valence-corrected chi connectivity index (χ4v) is 4.35. The third kappa shape index (κ3) is 2.62. The number of ether oxygens (including phenoxy) is 1. The fourth-order valence-electron chi connectivity index (χ4n) is 3.97. The molecule has 3 unspecified atom stereocenters. The zero-order valence-corrected chi connectivity index (χ0v) is 14.0. The lowest BCUT2D eigenvalue weighted by Crippen LogP contribution is -2.46. The summed E-state index contributed by atoms with van der Waals surface area (Å²) in [4.78, 5) is 0. The van der Waals surface area contributed by atoms with Crippen molar-refractivity contribution in [2.24, 2.45) is 5.92 Å². The van der Waals surface area contributed by atoms with Crippen LogP contribution in [0.15, 0.2) is 22.7 Å². The maximum Gasteiger partial charge on any atom is 0.125 e. The molecule has 1 aromatic carbocycles. The van der Waals surface area contributed by atoms with Crippen LogP contribution in [0.2, 0.25) is 0 Å². The molecule has 1 spiro atoms. The Morgan fingerprint density at radius 3 is 3.00 bits per heavy atom. The van der Waals surface area contributed by atoms with Crippen molar-refractivity contribution >= 4 is 15.9 Å². The van der Waals surface area contributed by atoms with Crippen molar-refractivity contribution in [2.75, 3.05) is 7.05 Å². The smallest absolute Gasteiger partial charge is 0.125 e. The first-order chi connectivity index (χ1) is 9.65. The van der Waals surface area contributed by atoms with Gasteiger partial charge in [0, 0.05) is 22.5 Å². The first-order valence-electron chi connectivity index (χ1n) is 7.81. The van der Waals surface area contributed by atoms with Crippen LogP contribution in [0.5, 0.6) is 5.75 Å². The molecule has 3 rings (SSSR count). The third-order valence-electron chi connectivity index (χ3n) is 5.08. The zero-order chi connectivity index (χ0) is 14.2. The second-order valence-electron chi connectivity index (χ2n) is 6.38. The van der Waals surface area contributed by atoms with Gasteiger partial charge in [-0.2, -0.15) is 0 Å². The van der Waals surface area contributed by atoms with E-state index in [1.54, 1.807) is 0 Å². The molecule has 0 aromatic heterocycles. The summed E-state index contributed by atoms with van der Waals surface area (Å²) in [6.45, 7) is 2.31. The first kappa shape index (κ1) is 14.4. The summed E-state index contributed by atoms with van der Waals surface area (Å²) >= 11 is 3.57. The summed E-state index contributed by atoms with van der Waals surface area (Å²) in [7, 11) is 2.06. The van der Waals surface area contributed by atoms with Gasteiger partial charge >= 0.3 is 0 Å². The number of hydrogen-bond acceptors (Lipinski definition) is 2. The van der Waals surface area contributed by atoms with Crippen LogP contribution in [-0.2, 0) is 0 Å². The van der Waals surface area contributed by atoms with E-state index < -0.39 is 0 Å². The first-order valence-corrected chi connectivity index (χ1v) is 8.61. The lowest BCUT2D eigenvalue weighted by atomic mass is 9.72. The lowest BCUT2D eigenvalue weighted by Gasteiger charge is -2.46. The lowest BCUT2D eigenvalue weighted by molar-refractivity contribution is -0.0208. The van der Waals surface area contributed by atoms with Crippen molar-refractivity contribution in [3.8, 4) is 5.75 Å². The molecule has 110 valence electrons. The Kier molecular flexibility index (Phi) is 4.09. The molecule has 2 nitrogen and oxygen atoms in total. The number of fused-ring (bicyclic) bond motifs is 1. The van der Waals surface area contributed by atoms with E-state index in [0.29, 0.717) is 6.04 Å². The summed E-state index contributed by atoms with van der Waals surface area (Å²) in [5.41, 5.74) is 1.36. The number of benzene rings is 1. The zero-order valence-electron chi connectivity index (χ0n) is 12.4. The van der Waals surface area contributed by atoms with Gasteiger partial charge < -0.3 is 10.1 Å². The highest BCUT2D eigenvalue weighted by Crippen LogP contribution is 2.48. The second kappa shape index (κ2) is 5.69. The SMILES string of the molecule is CCC1CCCC2(C1)CC(NC)c1cc(Br)ccc1O2. The Morgan fingerprint density at radius 1 is 1.40 bits per heavy atom. The molecule has 1 saturated carbocycles. The molecule has 0 radical (unpaired) electrons. The molecule has 3 atom stereocenters. The van der Waals surface area contributed by atoms with Gasteiger partial charge in [-0.25, -0.2) is 0 Å². The van der Waals surface area contributed by atoms with Crippen LogP contribution in [0.3, 0.4) is 0 Å². The van der Waals surface area contributed by atoms with E-state index in [4.69, 9.17) is 4.74 Å².